The highest BCUT2D eigenvalue weighted by Gasteiger charge is 2.27. The Morgan fingerprint density at radius 1 is 1.33 bits per heavy atom. The van der Waals surface area contributed by atoms with Crippen molar-refractivity contribution in [3.63, 3.8) is 0 Å². The van der Waals surface area contributed by atoms with Crippen LogP contribution in [0.5, 0.6) is 0 Å². The van der Waals surface area contributed by atoms with E-state index in [1.54, 1.807) is 0 Å². The van der Waals surface area contributed by atoms with Gasteiger partial charge in [0.2, 0.25) is 0 Å². The second kappa shape index (κ2) is 5.30. The van der Waals surface area contributed by atoms with E-state index in [0.717, 1.165) is 23.8 Å². The number of halogens is 1. The molecule has 3 heteroatoms. The van der Waals surface area contributed by atoms with Crippen molar-refractivity contribution in [3.05, 3.63) is 29.3 Å². The molecule has 3 atom stereocenters. The second-order valence-electron chi connectivity index (χ2n) is 5.47. The molecular formula is C15H18BrNS. The zero-order chi connectivity index (χ0) is 12.5. The van der Waals surface area contributed by atoms with Crippen molar-refractivity contribution in [3.8, 4) is 0 Å². The number of hydrogen-bond acceptors (Lipinski definition) is 2. The molecule has 18 heavy (non-hydrogen) atoms. The summed E-state index contributed by atoms with van der Waals surface area (Å²) in [6.07, 6.45) is 5.16. The van der Waals surface area contributed by atoms with Gasteiger partial charge in [-0.1, -0.05) is 35.0 Å². The van der Waals surface area contributed by atoms with Crippen LogP contribution < -0.4 is 0 Å². The maximum absolute atomic E-state index is 4.76. The van der Waals surface area contributed by atoms with Gasteiger partial charge in [-0.15, -0.1) is 11.3 Å². The first-order valence-corrected chi connectivity index (χ1v) is 8.44. The number of rotatable bonds is 2. The van der Waals surface area contributed by atoms with Gasteiger partial charge < -0.3 is 0 Å². The summed E-state index contributed by atoms with van der Waals surface area (Å²) in [5.74, 6) is 1.63. The molecule has 0 spiro atoms. The highest BCUT2D eigenvalue weighted by atomic mass is 79.9. The lowest BCUT2D eigenvalue weighted by molar-refractivity contribution is 0.294. The fourth-order valence-electron chi connectivity index (χ4n) is 2.90. The van der Waals surface area contributed by atoms with Crippen molar-refractivity contribution >= 4 is 37.5 Å². The summed E-state index contributed by atoms with van der Waals surface area (Å²) in [5, 5.41) is 1.31. The molecule has 1 aromatic heterocycles. The summed E-state index contributed by atoms with van der Waals surface area (Å²) in [5.41, 5.74) is 1.16. The molecule has 1 nitrogen and oxygen atoms in total. The van der Waals surface area contributed by atoms with Crippen molar-refractivity contribution in [1.29, 1.82) is 0 Å². The predicted octanol–water partition coefficient (Wildman–Crippen LogP) is 5.04. The van der Waals surface area contributed by atoms with Crippen LogP contribution >= 0.6 is 27.3 Å². The standard InChI is InChI=1S/C15H18BrNS/c1-10-6-7-12(16)11(8-10)9-15-17-13-4-2-3-5-14(13)18-15/h2-5,10-12H,6-9H2,1H3. The number of thiazole rings is 1. The minimum Gasteiger partial charge on any atom is -0.241 e. The molecule has 0 aliphatic heterocycles. The Bertz CT molecular complexity index is 503. The first-order valence-electron chi connectivity index (χ1n) is 6.71. The summed E-state index contributed by atoms with van der Waals surface area (Å²) < 4.78 is 1.32. The average molecular weight is 324 g/mol. The van der Waals surface area contributed by atoms with E-state index < -0.39 is 0 Å². The smallest absolute Gasteiger partial charge is 0.0941 e. The van der Waals surface area contributed by atoms with Crippen LogP contribution in [0.4, 0.5) is 0 Å². The van der Waals surface area contributed by atoms with Gasteiger partial charge in [-0.05, 0) is 43.2 Å². The molecule has 1 fully saturated rings. The Morgan fingerprint density at radius 3 is 3.00 bits per heavy atom. The Labute approximate surface area is 121 Å². The number of nitrogens with zero attached hydrogens (tertiary/aromatic N) is 1. The van der Waals surface area contributed by atoms with Crippen molar-refractivity contribution < 1.29 is 0 Å². The number of benzene rings is 1. The molecule has 3 rings (SSSR count). The normalized spacial score (nSPS) is 28.7. The van der Waals surface area contributed by atoms with Crippen molar-refractivity contribution in [2.75, 3.05) is 0 Å². The first-order chi connectivity index (χ1) is 8.72. The molecule has 1 aromatic carbocycles. The summed E-state index contributed by atoms with van der Waals surface area (Å²) in [6, 6.07) is 8.46. The van der Waals surface area contributed by atoms with Gasteiger partial charge in [0, 0.05) is 11.2 Å². The lowest BCUT2D eigenvalue weighted by Gasteiger charge is -2.30. The molecule has 1 aliphatic carbocycles. The highest BCUT2D eigenvalue weighted by Crippen LogP contribution is 2.36. The number of para-hydroxylation sites is 1. The Kier molecular flexibility index (Phi) is 3.71. The van der Waals surface area contributed by atoms with E-state index in [-0.39, 0.29) is 0 Å². The molecule has 1 heterocycles. The first kappa shape index (κ1) is 12.6. The molecule has 96 valence electrons. The Morgan fingerprint density at radius 2 is 2.17 bits per heavy atom. The highest BCUT2D eigenvalue weighted by molar-refractivity contribution is 9.09. The minimum absolute atomic E-state index is 0.681. The fraction of sp³-hybridized carbons (Fsp3) is 0.533. The molecule has 1 aliphatic rings. The molecule has 0 saturated heterocycles. The van der Waals surface area contributed by atoms with Gasteiger partial charge in [0.15, 0.2) is 0 Å². The molecule has 1 saturated carbocycles. The summed E-state index contributed by atoms with van der Waals surface area (Å²) in [4.78, 5) is 5.45. The van der Waals surface area contributed by atoms with Crippen LogP contribution in [0.15, 0.2) is 24.3 Å². The van der Waals surface area contributed by atoms with Crippen molar-refractivity contribution in [1.82, 2.24) is 4.98 Å². The SMILES string of the molecule is CC1CCC(Br)C(Cc2nc3ccccc3s2)C1. The monoisotopic (exact) mass is 323 g/mol. The number of hydrogen-bond donors (Lipinski definition) is 0. The quantitative estimate of drug-likeness (QED) is 0.705. The van der Waals surface area contributed by atoms with E-state index in [1.165, 1.54) is 29.0 Å². The second-order valence-corrected chi connectivity index (χ2v) is 7.77. The van der Waals surface area contributed by atoms with Crippen LogP contribution in [-0.4, -0.2) is 9.81 Å². The van der Waals surface area contributed by atoms with Crippen LogP contribution in [0.1, 0.15) is 31.2 Å². The van der Waals surface area contributed by atoms with Gasteiger partial charge in [-0.3, -0.25) is 0 Å². The molecule has 0 N–H and O–H groups in total. The maximum atomic E-state index is 4.76. The summed E-state index contributed by atoms with van der Waals surface area (Å²) in [6.45, 7) is 2.38. The van der Waals surface area contributed by atoms with Crippen molar-refractivity contribution in [2.24, 2.45) is 11.8 Å². The molecular weight excluding hydrogens is 306 g/mol. The van der Waals surface area contributed by atoms with Gasteiger partial charge in [0.05, 0.1) is 15.2 Å². The predicted molar refractivity (Wildman–Crippen MR) is 82.5 cm³/mol. The lowest BCUT2D eigenvalue weighted by Crippen LogP contribution is -2.25. The third-order valence-electron chi connectivity index (χ3n) is 3.93. The molecule has 0 bridgehead atoms. The van der Waals surface area contributed by atoms with Gasteiger partial charge in [-0.25, -0.2) is 4.98 Å². The molecule has 0 radical (unpaired) electrons. The summed E-state index contributed by atoms with van der Waals surface area (Å²) in [7, 11) is 0. The van der Waals surface area contributed by atoms with Crippen LogP contribution in [0, 0.1) is 11.8 Å². The largest absolute Gasteiger partial charge is 0.241 e. The van der Waals surface area contributed by atoms with Gasteiger partial charge in [-0.2, -0.15) is 0 Å². The maximum Gasteiger partial charge on any atom is 0.0941 e. The number of fused-ring (bicyclic) bond motifs is 1. The van der Waals surface area contributed by atoms with Crippen LogP contribution in [0.25, 0.3) is 10.2 Å². The van der Waals surface area contributed by atoms with E-state index in [0.29, 0.717) is 4.83 Å². The van der Waals surface area contributed by atoms with E-state index in [1.807, 2.05) is 11.3 Å². The summed E-state index contributed by atoms with van der Waals surface area (Å²) >= 11 is 5.72. The number of aromatic nitrogens is 1. The fourth-order valence-corrected chi connectivity index (χ4v) is 4.63. The molecule has 2 aromatic rings. The van der Waals surface area contributed by atoms with Crippen LogP contribution in [0.3, 0.4) is 0 Å². The van der Waals surface area contributed by atoms with Gasteiger partial charge in [0.1, 0.15) is 0 Å². The zero-order valence-corrected chi connectivity index (χ0v) is 13.0. The van der Waals surface area contributed by atoms with E-state index in [2.05, 4.69) is 47.1 Å². The van der Waals surface area contributed by atoms with Crippen LogP contribution in [0.2, 0.25) is 0 Å². The van der Waals surface area contributed by atoms with Crippen molar-refractivity contribution in [2.45, 2.75) is 37.4 Å². The average Bonchev–Trinajstić information content (AvgIpc) is 2.76. The third-order valence-corrected chi connectivity index (χ3v) is 6.19. The van der Waals surface area contributed by atoms with E-state index in [4.69, 9.17) is 4.98 Å². The lowest BCUT2D eigenvalue weighted by atomic mass is 9.81. The number of alkyl halides is 1. The van der Waals surface area contributed by atoms with Gasteiger partial charge >= 0.3 is 0 Å². The van der Waals surface area contributed by atoms with E-state index in [9.17, 15) is 0 Å². The topological polar surface area (TPSA) is 12.9 Å². The van der Waals surface area contributed by atoms with Gasteiger partial charge in [0.25, 0.3) is 0 Å². The zero-order valence-electron chi connectivity index (χ0n) is 10.6. The Balaban J connectivity index is 1.78. The van der Waals surface area contributed by atoms with Crippen LogP contribution in [-0.2, 0) is 6.42 Å². The third kappa shape index (κ3) is 2.62. The molecule has 0 amide bonds. The Hall–Kier alpha value is -0.410. The minimum atomic E-state index is 0.681. The molecule has 3 unspecified atom stereocenters. The van der Waals surface area contributed by atoms with E-state index >= 15 is 0 Å².